The van der Waals surface area contributed by atoms with Crippen molar-refractivity contribution in [2.24, 2.45) is 0 Å². The number of nitrogens with one attached hydrogen (secondary N) is 2. The first-order valence-electron chi connectivity index (χ1n) is 4.44. The number of hydrogen-bond donors (Lipinski definition) is 2. The van der Waals surface area contributed by atoms with Crippen LogP contribution in [0.5, 0.6) is 0 Å². The van der Waals surface area contributed by atoms with Crippen molar-refractivity contribution in [1.82, 2.24) is 20.4 Å². The molecule has 0 aliphatic heterocycles. The zero-order chi connectivity index (χ0) is 10.7. The predicted octanol–water partition coefficient (Wildman–Crippen LogP) is -1.02. The maximum absolute atomic E-state index is 5.53. The molecule has 0 fully saturated rings. The zero-order valence-corrected chi connectivity index (χ0v) is 9.52. The fourth-order valence-electron chi connectivity index (χ4n) is 1.52. The average Bonchev–Trinajstić information content (AvgIpc) is 2.92. The Bertz CT molecular complexity index is 360. The lowest BCUT2D eigenvalue weighted by Crippen LogP contribution is -2.63. The minimum Gasteiger partial charge on any atom is -0.389 e. The fraction of sp³-hybridized carbons (Fsp3) is 0.250. The van der Waals surface area contributed by atoms with Crippen molar-refractivity contribution in [2.45, 2.75) is 0 Å². The highest BCUT2D eigenvalue weighted by molar-refractivity contribution is 6.91. The molecule has 0 spiro atoms. The summed E-state index contributed by atoms with van der Waals surface area (Å²) < 4.78 is 11.1. The first-order valence-corrected chi connectivity index (χ1v) is 6.26. The topological polar surface area (TPSA) is 75.8 Å². The Labute approximate surface area is 87.9 Å². The molecule has 6 nitrogen and oxygen atoms in total. The smallest absolute Gasteiger partial charge is 0.389 e. The highest BCUT2D eigenvalue weighted by Gasteiger charge is 2.45. The van der Waals surface area contributed by atoms with Crippen LogP contribution in [-0.4, -0.2) is 43.2 Å². The molecular weight excluding hydrogens is 212 g/mol. The van der Waals surface area contributed by atoms with Gasteiger partial charge in [-0.2, -0.15) is 10.2 Å². The van der Waals surface area contributed by atoms with Crippen LogP contribution in [0.4, 0.5) is 0 Å². The van der Waals surface area contributed by atoms with Gasteiger partial charge in [0.1, 0.15) is 10.6 Å². The van der Waals surface area contributed by atoms with Gasteiger partial charge in [0, 0.05) is 26.6 Å². The van der Waals surface area contributed by atoms with Crippen LogP contribution >= 0.6 is 0 Å². The van der Waals surface area contributed by atoms with Crippen LogP contribution in [0.1, 0.15) is 0 Å². The second-order valence-corrected chi connectivity index (χ2v) is 6.02. The summed E-state index contributed by atoms with van der Waals surface area (Å²) in [5.41, 5.74) is 0. The van der Waals surface area contributed by atoms with Crippen molar-refractivity contribution >= 4 is 19.2 Å². The molecule has 2 heterocycles. The molecule has 2 N–H and O–H groups in total. The van der Waals surface area contributed by atoms with Gasteiger partial charge in [0.25, 0.3) is 0 Å². The molecular formula is C8H12N4O2Si. The lowest BCUT2D eigenvalue weighted by Gasteiger charge is -2.22. The quantitative estimate of drug-likeness (QED) is 0.652. The summed E-state index contributed by atoms with van der Waals surface area (Å²) in [6, 6.07) is 3.68. The normalized spacial score (nSPS) is 11.9. The first kappa shape index (κ1) is 10.1. The molecule has 2 aromatic heterocycles. The van der Waals surface area contributed by atoms with Crippen molar-refractivity contribution in [1.29, 1.82) is 0 Å². The van der Waals surface area contributed by atoms with E-state index in [1.807, 2.05) is 12.1 Å². The van der Waals surface area contributed by atoms with Crippen LogP contribution in [0, 0.1) is 0 Å². The molecule has 0 radical (unpaired) electrons. The van der Waals surface area contributed by atoms with E-state index in [0.717, 1.165) is 10.6 Å². The van der Waals surface area contributed by atoms with Gasteiger partial charge in [-0.15, -0.1) is 0 Å². The molecule has 0 aliphatic carbocycles. The maximum atomic E-state index is 5.53. The summed E-state index contributed by atoms with van der Waals surface area (Å²) in [4.78, 5) is 0. The van der Waals surface area contributed by atoms with Crippen LogP contribution < -0.4 is 10.6 Å². The summed E-state index contributed by atoms with van der Waals surface area (Å²) >= 11 is 0. The van der Waals surface area contributed by atoms with Gasteiger partial charge >= 0.3 is 8.56 Å². The standard InChI is InChI=1S/C8H12N4O2Si/c1-13-15(14-2,7-3-5-9-11-7)8-4-6-10-12-8/h3-6H,1-2H3,(H,9,11)(H,10,12). The second kappa shape index (κ2) is 3.97. The Morgan fingerprint density at radius 1 is 1.00 bits per heavy atom. The molecule has 80 valence electrons. The van der Waals surface area contributed by atoms with E-state index in [1.165, 1.54) is 0 Å². The Hall–Kier alpha value is -1.44. The molecule has 0 atom stereocenters. The minimum atomic E-state index is -2.68. The largest absolute Gasteiger partial charge is 0.448 e. The summed E-state index contributed by atoms with van der Waals surface area (Å²) in [5.74, 6) is 0. The van der Waals surface area contributed by atoms with Crippen molar-refractivity contribution < 1.29 is 8.85 Å². The first-order chi connectivity index (χ1) is 7.33. The van der Waals surface area contributed by atoms with E-state index in [9.17, 15) is 0 Å². The van der Waals surface area contributed by atoms with Crippen LogP contribution in [0.25, 0.3) is 0 Å². The number of hydrogen-bond acceptors (Lipinski definition) is 4. The molecule has 0 saturated heterocycles. The Kier molecular flexibility index (Phi) is 2.67. The predicted molar refractivity (Wildman–Crippen MR) is 56.2 cm³/mol. The maximum Gasteiger partial charge on any atom is 0.448 e. The molecule has 0 aliphatic rings. The fourth-order valence-corrected chi connectivity index (χ4v) is 3.81. The number of H-pyrrole nitrogens is 2. The van der Waals surface area contributed by atoms with Crippen LogP contribution in [0.3, 0.4) is 0 Å². The van der Waals surface area contributed by atoms with Crippen molar-refractivity contribution in [2.75, 3.05) is 14.2 Å². The second-order valence-electron chi connectivity index (χ2n) is 2.94. The van der Waals surface area contributed by atoms with E-state index >= 15 is 0 Å². The van der Waals surface area contributed by atoms with E-state index in [2.05, 4.69) is 20.4 Å². The lowest BCUT2D eigenvalue weighted by atomic mass is 10.7. The molecule has 15 heavy (non-hydrogen) atoms. The minimum absolute atomic E-state index is 0.764. The molecule has 0 unspecified atom stereocenters. The third-order valence-corrected chi connectivity index (χ3v) is 5.31. The highest BCUT2D eigenvalue weighted by Crippen LogP contribution is 2.03. The SMILES string of the molecule is CO[Si](OC)(c1cc[nH]n1)c1cc[nH]n1. The van der Waals surface area contributed by atoms with Gasteiger partial charge in [0.15, 0.2) is 0 Å². The van der Waals surface area contributed by atoms with E-state index < -0.39 is 8.56 Å². The van der Waals surface area contributed by atoms with E-state index in [0.29, 0.717) is 0 Å². The summed E-state index contributed by atoms with van der Waals surface area (Å²) in [7, 11) is 0.544. The molecule has 0 aromatic carbocycles. The molecule has 0 saturated carbocycles. The Morgan fingerprint density at radius 2 is 1.47 bits per heavy atom. The van der Waals surface area contributed by atoms with E-state index in [1.54, 1.807) is 26.6 Å². The highest BCUT2D eigenvalue weighted by atomic mass is 28.4. The van der Waals surface area contributed by atoms with Gasteiger partial charge < -0.3 is 8.85 Å². The number of rotatable bonds is 4. The molecule has 7 heteroatoms. The number of aromatic amines is 2. The summed E-state index contributed by atoms with van der Waals surface area (Å²) in [6.45, 7) is 0. The third-order valence-electron chi connectivity index (χ3n) is 2.25. The number of aromatic nitrogens is 4. The Balaban J connectivity index is 2.50. The van der Waals surface area contributed by atoms with E-state index in [-0.39, 0.29) is 0 Å². The van der Waals surface area contributed by atoms with Crippen LogP contribution in [0.2, 0.25) is 0 Å². The number of nitrogens with zero attached hydrogens (tertiary/aromatic N) is 2. The van der Waals surface area contributed by atoms with Gasteiger partial charge in [-0.1, -0.05) is 0 Å². The Morgan fingerprint density at radius 3 is 1.73 bits per heavy atom. The van der Waals surface area contributed by atoms with Crippen molar-refractivity contribution in [3.05, 3.63) is 24.5 Å². The van der Waals surface area contributed by atoms with Crippen molar-refractivity contribution in [3.63, 3.8) is 0 Å². The zero-order valence-electron chi connectivity index (χ0n) is 8.52. The van der Waals surface area contributed by atoms with Gasteiger partial charge in [-0.05, 0) is 12.1 Å². The van der Waals surface area contributed by atoms with Gasteiger partial charge in [-0.25, -0.2) is 0 Å². The van der Waals surface area contributed by atoms with Crippen LogP contribution in [0.15, 0.2) is 24.5 Å². The van der Waals surface area contributed by atoms with Crippen molar-refractivity contribution in [3.8, 4) is 0 Å². The van der Waals surface area contributed by atoms with Gasteiger partial charge in [0.2, 0.25) is 0 Å². The summed E-state index contributed by atoms with van der Waals surface area (Å²) in [6.07, 6.45) is 3.48. The third kappa shape index (κ3) is 1.50. The van der Waals surface area contributed by atoms with Crippen LogP contribution in [-0.2, 0) is 8.85 Å². The molecule has 2 aromatic rings. The van der Waals surface area contributed by atoms with Gasteiger partial charge in [0.05, 0.1) is 0 Å². The summed E-state index contributed by atoms with van der Waals surface area (Å²) in [5, 5.41) is 15.3. The molecule has 0 bridgehead atoms. The monoisotopic (exact) mass is 224 g/mol. The lowest BCUT2D eigenvalue weighted by molar-refractivity contribution is 0.270. The average molecular weight is 224 g/mol. The van der Waals surface area contributed by atoms with E-state index in [4.69, 9.17) is 8.85 Å². The molecule has 0 amide bonds. The molecule has 2 rings (SSSR count). The van der Waals surface area contributed by atoms with Gasteiger partial charge in [-0.3, -0.25) is 10.2 Å².